The average molecular weight is 2250 g/mol. The summed E-state index contributed by atoms with van der Waals surface area (Å²) in [6.07, 6.45) is 117. The molecule has 28 aliphatic rings. The van der Waals surface area contributed by atoms with Crippen LogP contribution >= 0.6 is 0 Å². The molecule has 14 atom stereocenters. The average Bonchev–Trinajstić information content (AvgIpc) is 1.61. The van der Waals surface area contributed by atoms with Crippen molar-refractivity contribution < 1.29 is 66.8 Å². The molecule has 2 radical (unpaired) electrons. The van der Waals surface area contributed by atoms with Crippen LogP contribution in [-0.2, 0) is 65.4 Å². The summed E-state index contributed by atoms with van der Waals surface area (Å²) in [4.78, 5) is 0. The minimum Gasteiger partial charge on any atom is -0.328 e. The molecule has 0 saturated heterocycles. The van der Waals surface area contributed by atoms with E-state index in [0.29, 0.717) is 22.2 Å². The summed E-state index contributed by atoms with van der Waals surface area (Å²) >= 11 is 0. The third-order valence-corrected chi connectivity index (χ3v) is 41.9. The predicted molar refractivity (Wildman–Crippen MR) is 679 cm³/mol. The molecule has 150 heavy (non-hydrogen) atoms. The summed E-state index contributed by atoms with van der Waals surface area (Å²) in [5.74, 6) is 31.3. The van der Waals surface area contributed by atoms with E-state index in [4.69, 9.17) is 1.37 Å². The number of rotatable bonds is 4. The first-order chi connectivity index (χ1) is 71.9. The molecule has 890 valence electrons. The van der Waals surface area contributed by atoms with E-state index in [-0.39, 0.29) is 71.3 Å². The van der Waals surface area contributed by atoms with E-state index < -0.39 is 0 Å². The van der Waals surface area contributed by atoms with E-state index in [2.05, 4.69) is 188 Å². The smallest absolute Gasteiger partial charge is 0.0300 e. The molecule has 28 rings (SSSR count). The van der Waals surface area contributed by atoms with Crippen molar-refractivity contribution in [1.82, 2.24) is 0 Å². The maximum absolute atomic E-state index is 7.98. The first-order valence-electron chi connectivity index (χ1n) is 70.5. The van der Waals surface area contributed by atoms with Crippen molar-refractivity contribution in [1.29, 1.82) is 0 Å². The van der Waals surface area contributed by atoms with Crippen molar-refractivity contribution in [3.05, 3.63) is 50.0 Å². The first-order valence-corrected chi connectivity index (χ1v) is 70.0. The van der Waals surface area contributed by atoms with Crippen LogP contribution in [0.5, 0.6) is 0 Å². The molecule has 0 nitrogen and oxygen atoms in total. The van der Waals surface area contributed by atoms with Gasteiger partial charge in [0.2, 0.25) is 0 Å². The molecule has 0 aliphatic heterocycles. The molecule has 20 bridgehead atoms. The molecule has 2 heteroatoms. The summed E-state index contributed by atoms with van der Waals surface area (Å²) in [6, 6.07) is 0. The molecule has 0 aromatic rings. The van der Waals surface area contributed by atoms with Crippen LogP contribution in [-0.4, -0.2) is 0 Å². The Kier molecular flexibility index (Phi) is 90.1. The molecule has 0 N–H and O–H groups in total. The first kappa shape index (κ1) is 152. The van der Waals surface area contributed by atoms with Gasteiger partial charge in [0.15, 0.2) is 0 Å². The van der Waals surface area contributed by atoms with Gasteiger partial charge in [-0.2, -0.15) is 51.4 Å². The van der Waals surface area contributed by atoms with Gasteiger partial charge < -0.3 is 25.7 Å². The van der Waals surface area contributed by atoms with Gasteiger partial charge in [0.25, 0.3) is 0 Å². The molecule has 28 aliphatic carbocycles. The van der Waals surface area contributed by atoms with Gasteiger partial charge in [0.05, 0.1) is 0 Å². The van der Waals surface area contributed by atoms with Gasteiger partial charge in [-0.1, -0.05) is 479 Å². The molecule has 25 fully saturated rings. The molecular weight excluding hydrogens is 1960 g/mol. The SMILES string of the molecule is C1C2CC3CC1CC(C2)C3.C1CC2C3CCC(C3)C2C1.C1CC2CCC1C2.C1CC2CCC1C2.C1CCC2CCCCC2C1.CC.CC.CC.CC.CC.CC.CC.CC.CC.CC.CC(C)(C)C1CC2C=CC1C2.CC12C=CC(C)(CC1)CC2.CC12CCC(C)(CC1)CC2.CC1C[CH-]CC(C)C[CH-]C1.CCC.CCC.CCC.CCC1CC2C3CCC(C3)C2C1.CCC1C[CH-]CC(CC)C[CH-]C1.[2H]C(C)(C)C1CC2CCC1C2.[Y].[Y]. The van der Waals surface area contributed by atoms with Gasteiger partial charge in [-0.05, 0) is 393 Å². The molecule has 0 amide bonds. The van der Waals surface area contributed by atoms with Crippen molar-refractivity contribution in [3.63, 3.8) is 0 Å². The van der Waals surface area contributed by atoms with Crippen molar-refractivity contribution in [2.24, 2.45) is 205 Å². The zero-order chi connectivity index (χ0) is 112. The second kappa shape index (κ2) is 89.1. The second-order valence-corrected chi connectivity index (χ2v) is 54.5. The third kappa shape index (κ3) is 55.7. The summed E-state index contributed by atoms with van der Waals surface area (Å²) in [5.41, 5.74) is 3.22. The van der Waals surface area contributed by atoms with Crippen LogP contribution in [0.1, 0.15) is 696 Å². The van der Waals surface area contributed by atoms with Crippen LogP contribution in [0.2, 0.25) is 0 Å². The second-order valence-electron chi connectivity index (χ2n) is 54.5. The number of allylic oxidation sites excluding steroid dienone is 4. The Hall–Kier alpha value is 1.69. The van der Waals surface area contributed by atoms with Crippen LogP contribution in [0.15, 0.2) is 24.3 Å². The maximum Gasteiger partial charge on any atom is 0.0300 e. The molecule has 0 heterocycles. The van der Waals surface area contributed by atoms with Gasteiger partial charge in [-0.3, -0.25) is 0 Å². The number of hydrogen-bond acceptors (Lipinski definition) is 0. The van der Waals surface area contributed by atoms with Crippen LogP contribution in [0, 0.1) is 230 Å². The maximum atomic E-state index is 7.98. The molecule has 0 aromatic carbocycles. The van der Waals surface area contributed by atoms with Crippen LogP contribution in [0.4, 0.5) is 0 Å². The van der Waals surface area contributed by atoms with Crippen LogP contribution in [0.3, 0.4) is 0 Å². The Balaban J connectivity index is 0. The van der Waals surface area contributed by atoms with Crippen LogP contribution in [0.25, 0.3) is 0 Å². The fourth-order valence-electron chi connectivity index (χ4n) is 33.6. The van der Waals surface area contributed by atoms with Gasteiger partial charge >= 0.3 is 0 Å². The summed E-state index contributed by atoms with van der Waals surface area (Å²) in [6.45, 7) is 85.5. The number of hydrogen-bond donors (Lipinski definition) is 0. The normalized spacial score (nSPS) is 38.5. The largest absolute Gasteiger partial charge is 0.328 e. The van der Waals surface area contributed by atoms with E-state index in [1.165, 1.54) is 313 Å². The monoisotopic (exact) mass is 2250 g/mol. The van der Waals surface area contributed by atoms with Gasteiger partial charge in [0, 0.05) is 66.8 Å². The van der Waals surface area contributed by atoms with Crippen molar-refractivity contribution in [2.75, 3.05) is 0 Å². The molecule has 0 spiro atoms. The summed E-state index contributed by atoms with van der Waals surface area (Å²) in [5, 5.41) is 0. The minimum absolute atomic E-state index is 0. The van der Waals surface area contributed by atoms with Crippen molar-refractivity contribution in [2.45, 2.75) is 694 Å². The Morgan fingerprint density at radius 3 is 0.760 bits per heavy atom. The minimum atomic E-state index is -0.167. The summed E-state index contributed by atoms with van der Waals surface area (Å²) in [7, 11) is 0. The Morgan fingerprint density at radius 2 is 0.547 bits per heavy atom. The summed E-state index contributed by atoms with van der Waals surface area (Å²) < 4.78 is 7.98. The van der Waals surface area contributed by atoms with E-state index in [0.717, 1.165) is 81.8 Å². The quantitative estimate of drug-likeness (QED) is 0.194. The van der Waals surface area contributed by atoms with Gasteiger partial charge in [-0.25, -0.2) is 0 Å². The standard InChI is InChI=1S/C12H20.C12H22.C11H18.2C10H16.C10H18.C10H16.3C10H18.2C7H12.3C3H8.10C2H6.2Y/c1-2-8-5-11-9-3-4-10(7-9)12(11)6-8;1-3-11-7-5-9-12(4-2)10-6-8-11;1-11(2,3)10-7-8-4-5-9(10)6-8;1-7-2-9-4-8(1)5-10(3-7)6-9;1-2-9-7-4-5-8(6-7)10(9)3-1;2*1-9-3-6-10(2,7-4-9)8-5-9;1-7(2)10-6-8-3-4-9(10)5-8;1-2-6-10-8-4-3-7-9(10)5-1;1-9-5-3-7-10(2)8-4-6-9;2*1-2-7-4-3-6(1)5-7;3*1-3-2;10*1-2;;/h8-12H,2-7H2,1H3;5-6,11-12H,3-4,7-10H2,1-2H3;4-5,8-10H,6-7H2,1-3H3;2*7-10H,1-6H2;3-8H2,1-2H3;3,6H,4-5,7-8H2,1-2H3;7-10H,3-6H2,1-2H3;9-10H,1-8H2;3-4,9-10H,5-8H2,1-2H3;2*6-7H,1-5H2;3*3H2,1-2H3;10*1-2H3;;/q;-2;;;;;;;;-2;;;;;;;;;;;;;;;;;/i;;;;;;;7D;;;;;;;;;;;;;;;;;;;. The van der Waals surface area contributed by atoms with Crippen molar-refractivity contribution >= 4 is 0 Å². The third-order valence-electron chi connectivity index (χ3n) is 41.9. The van der Waals surface area contributed by atoms with Gasteiger partial charge in [0.1, 0.15) is 0 Å². The Bertz CT molecular complexity index is 2790. The van der Waals surface area contributed by atoms with E-state index in [1.54, 1.807) is 199 Å². The van der Waals surface area contributed by atoms with E-state index in [9.17, 15) is 0 Å². The number of fused-ring (bicyclic) bond motifs is 24. The fourth-order valence-corrected chi connectivity index (χ4v) is 33.6. The van der Waals surface area contributed by atoms with Gasteiger partial charge in [-0.15, -0.1) is 0 Å². The fraction of sp³-hybridized carbons (Fsp3) is 0.946. The molecule has 0 aromatic heterocycles. The Morgan fingerprint density at radius 1 is 0.273 bits per heavy atom. The van der Waals surface area contributed by atoms with E-state index >= 15 is 0 Å². The topological polar surface area (TPSA) is 0 Å². The molecular formula is C148H288Y2-4. The zero-order valence-corrected chi connectivity index (χ0v) is 117. The van der Waals surface area contributed by atoms with E-state index in [1.807, 2.05) is 138 Å². The van der Waals surface area contributed by atoms with Crippen molar-refractivity contribution in [3.8, 4) is 0 Å². The molecule has 14 unspecified atom stereocenters. The zero-order valence-electron chi connectivity index (χ0n) is 112. The molecule has 25 saturated carbocycles. The van der Waals surface area contributed by atoms with Crippen LogP contribution < -0.4 is 0 Å². The Labute approximate surface area is 1010 Å². The predicted octanol–water partition coefficient (Wildman–Crippen LogP) is 51.5.